The minimum Gasteiger partial charge on any atom is -0.378 e. The van der Waals surface area contributed by atoms with Crippen LogP contribution in [0.15, 0.2) is 17.5 Å². The molecule has 0 bridgehead atoms. The van der Waals surface area contributed by atoms with Gasteiger partial charge in [0, 0.05) is 13.7 Å². The first-order valence-corrected chi connectivity index (χ1v) is 7.55. The van der Waals surface area contributed by atoms with Crippen LogP contribution in [0, 0.1) is 3.57 Å². The second-order valence-corrected chi connectivity index (χ2v) is 5.62. The average molecular weight is 375 g/mol. The molecule has 2 heterocycles. The first-order valence-electron chi connectivity index (χ1n) is 5.59. The van der Waals surface area contributed by atoms with Gasteiger partial charge >= 0.3 is 0 Å². The molecular formula is C12H14IN3OS. The first-order chi connectivity index (χ1) is 8.76. The van der Waals surface area contributed by atoms with Crippen LogP contribution in [0.3, 0.4) is 0 Å². The highest BCUT2D eigenvalue weighted by molar-refractivity contribution is 14.1. The fraction of sp³-hybridized carbons (Fsp3) is 0.333. The van der Waals surface area contributed by atoms with Gasteiger partial charge in [0.1, 0.15) is 5.82 Å². The smallest absolute Gasteiger partial charge is 0.172 e. The van der Waals surface area contributed by atoms with Crippen molar-refractivity contribution >= 4 is 39.7 Å². The monoisotopic (exact) mass is 375 g/mol. The number of nitrogens with one attached hydrogen (secondary N) is 1. The van der Waals surface area contributed by atoms with Crippen molar-refractivity contribution in [1.29, 1.82) is 0 Å². The Morgan fingerprint density at radius 2 is 2.28 bits per heavy atom. The minimum atomic E-state index is 0.498. The molecule has 0 radical (unpaired) electrons. The summed E-state index contributed by atoms with van der Waals surface area (Å²) in [5, 5.41) is 5.29. The van der Waals surface area contributed by atoms with Crippen LogP contribution in [0.2, 0.25) is 0 Å². The molecule has 2 aromatic rings. The van der Waals surface area contributed by atoms with E-state index in [-0.39, 0.29) is 0 Å². The Morgan fingerprint density at radius 3 is 2.89 bits per heavy atom. The predicted molar refractivity (Wildman–Crippen MR) is 82.9 cm³/mol. The van der Waals surface area contributed by atoms with Gasteiger partial charge in [-0.15, -0.1) is 11.3 Å². The Bertz CT molecular complexity index is 489. The lowest BCUT2D eigenvalue weighted by atomic mass is 10.3. The topological polar surface area (TPSA) is 47.0 Å². The van der Waals surface area contributed by atoms with Crippen LogP contribution in [0.25, 0.3) is 10.7 Å². The highest BCUT2D eigenvalue weighted by Crippen LogP contribution is 2.27. The molecule has 2 aromatic heterocycles. The Balaban J connectivity index is 2.47. The summed E-state index contributed by atoms with van der Waals surface area (Å²) in [6.45, 7) is 3.39. The summed E-state index contributed by atoms with van der Waals surface area (Å²) >= 11 is 3.90. The van der Waals surface area contributed by atoms with Crippen molar-refractivity contribution in [2.75, 3.05) is 19.0 Å². The molecule has 0 saturated carbocycles. The number of halogens is 1. The van der Waals surface area contributed by atoms with E-state index >= 15 is 0 Å². The third kappa shape index (κ3) is 2.99. The molecule has 0 atom stereocenters. The zero-order valence-corrected chi connectivity index (χ0v) is 13.2. The van der Waals surface area contributed by atoms with Crippen LogP contribution in [0.4, 0.5) is 5.82 Å². The fourth-order valence-electron chi connectivity index (χ4n) is 1.53. The van der Waals surface area contributed by atoms with Gasteiger partial charge in [0.15, 0.2) is 5.82 Å². The maximum Gasteiger partial charge on any atom is 0.172 e. The summed E-state index contributed by atoms with van der Waals surface area (Å²) in [5.41, 5.74) is 0.924. The third-order valence-electron chi connectivity index (χ3n) is 2.29. The summed E-state index contributed by atoms with van der Waals surface area (Å²) in [6, 6.07) is 4.03. The van der Waals surface area contributed by atoms with Crippen molar-refractivity contribution < 1.29 is 4.74 Å². The molecule has 0 unspecified atom stereocenters. The van der Waals surface area contributed by atoms with Gasteiger partial charge in [0.05, 0.1) is 20.7 Å². The quantitative estimate of drug-likeness (QED) is 0.814. The highest BCUT2D eigenvalue weighted by atomic mass is 127. The number of methoxy groups -OCH3 is 1. The molecule has 0 fully saturated rings. The zero-order chi connectivity index (χ0) is 13.0. The van der Waals surface area contributed by atoms with E-state index in [1.54, 1.807) is 18.4 Å². The maximum absolute atomic E-state index is 5.19. The Morgan fingerprint density at radius 1 is 1.44 bits per heavy atom. The van der Waals surface area contributed by atoms with Gasteiger partial charge in [-0.3, -0.25) is 0 Å². The van der Waals surface area contributed by atoms with Gasteiger partial charge in [0.25, 0.3) is 0 Å². The Labute approximate surface area is 124 Å². The van der Waals surface area contributed by atoms with Crippen molar-refractivity contribution in [3.63, 3.8) is 0 Å². The van der Waals surface area contributed by atoms with E-state index in [1.165, 1.54) is 0 Å². The summed E-state index contributed by atoms with van der Waals surface area (Å²) in [5.74, 6) is 1.64. The van der Waals surface area contributed by atoms with Gasteiger partial charge in [-0.2, -0.15) is 0 Å². The molecule has 4 nitrogen and oxygen atoms in total. The molecule has 0 aromatic carbocycles. The van der Waals surface area contributed by atoms with Crippen LogP contribution < -0.4 is 5.32 Å². The normalized spacial score (nSPS) is 10.6. The van der Waals surface area contributed by atoms with E-state index in [2.05, 4.69) is 44.8 Å². The molecule has 1 N–H and O–H groups in total. The number of rotatable bonds is 5. The summed E-state index contributed by atoms with van der Waals surface area (Å²) in [7, 11) is 1.68. The van der Waals surface area contributed by atoms with Crippen molar-refractivity contribution in [2.45, 2.75) is 13.5 Å². The Kier molecular flexibility index (Phi) is 4.90. The van der Waals surface area contributed by atoms with E-state index in [1.807, 2.05) is 17.5 Å². The van der Waals surface area contributed by atoms with Crippen molar-refractivity contribution in [1.82, 2.24) is 9.97 Å². The lowest BCUT2D eigenvalue weighted by Crippen LogP contribution is -2.08. The van der Waals surface area contributed by atoms with E-state index in [0.717, 1.165) is 32.3 Å². The van der Waals surface area contributed by atoms with Gasteiger partial charge < -0.3 is 10.1 Å². The molecule has 0 aliphatic carbocycles. The number of nitrogens with zero attached hydrogens (tertiary/aromatic N) is 2. The van der Waals surface area contributed by atoms with Crippen LogP contribution in [-0.4, -0.2) is 23.6 Å². The number of thiophene rings is 1. The molecule has 18 heavy (non-hydrogen) atoms. The summed E-state index contributed by atoms with van der Waals surface area (Å²) in [4.78, 5) is 10.2. The molecule has 0 aliphatic rings. The van der Waals surface area contributed by atoms with Gasteiger partial charge in [0.2, 0.25) is 0 Å². The number of anilines is 1. The standard InChI is InChI=1S/C12H14IN3OS/c1-3-14-12-10(13)8(7-17-2)15-11(16-12)9-5-4-6-18-9/h4-6H,3,7H2,1-2H3,(H,14,15,16). The number of aromatic nitrogens is 2. The van der Waals surface area contributed by atoms with Gasteiger partial charge in [-0.05, 0) is 41.0 Å². The van der Waals surface area contributed by atoms with Crippen molar-refractivity contribution in [3.05, 3.63) is 26.8 Å². The first kappa shape index (κ1) is 13.7. The summed E-state index contributed by atoms with van der Waals surface area (Å²) < 4.78 is 6.22. The maximum atomic E-state index is 5.19. The van der Waals surface area contributed by atoms with Crippen LogP contribution in [0.5, 0.6) is 0 Å². The molecule has 0 saturated heterocycles. The molecule has 96 valence electrons. The fourth-order valence-corrected chi connectivity index (χ4v) is 2.77. The average Bonchev–Trinajstić information content (AvgIpc) is 2.88. The molecule has 2 rings (SSSR count). The number of ether oxygens (including phenoxy) is 1. The van der Waals surface area contributed by atoms with Crippen LogP contribution >= 0.6 is 33.9 Å². The summed E-state index contributed by atoms with van der Waals surface area (Å²) in [6.07, 6.45) is 0. The minimum absolute atomic E-state index is 0.498. The zero-order valence-electron chi connectivity index (χ0n) is 10.2. The van der Waals surface area contributed by atoms with E-state index in [0.29, 0.717) is 6.61 Å². The second kappa shape index (κ2) is 6.44. The van der Waals surface area contributed by atoms with Crippen molar-refractivity contribution in [3.8, 4) is 10.7 Å². The lowest BCUT2D eigenvalue weighted by Gasteiger charge is -2.11. The molecule has 6 heteroatoms. The number of hydrogen-bond acceptors (Lipinski definition) is 5. The van der Waals surface area contributed by atoms with E-state index < -0.39 is 0 Å². The van der Waals surface area contributed by atoms with E-state index in [9.17, 15) is 0 Å². The highest BCUT2D eigenvalue weighted by Gasteiger charge is 2.13. The number of hydrogen-bond donors (Lipinski definition) is 1. The second-order valence-electron chi connectivity index (χ2n) is 3.60. The van der Waals surface area contributed by atoms with E-state index in [4.69, 9.17) is 4.74 Å². The molecule has 0 aliphatic heterocycles. The van der Waals surface area contributed by atoms with Crippen molar-refractivity contribution in [2.24, 2.45) is 0 Å². The SMILES string of the molecule is CCNc1nc(-c2cccs2)nc(COC)c1I. The predicted octanol–water partition coefficient (Wildman–Crippen LogP) is 3.39. The van der Waals surface area contributed by atoms with Gasteiger partial charge in [-0.25, -0.2) is 9.97 Å². The van der Waals surface area contributed by atoms with Crippen LogP contribution in [0.1, 0.15) is 12.6 Å². The molecule has 0 spiro atoms. The lowest BCUT2D eigenvalue weighted by molar-refractivity contribution is 0.181. The Hall–Kier alpha value is -0.730. The van der Waals surface area contributed by atoms with Crippen LogP contribution in [-0.2, 0) is 11.3 Å². The van der Waals surface area contributed by atoms with Gasteiger partial charge in [-0.1, -0.05) is 6.07 Å². The molecular weight excluding hydrogens is 361 g/mol. The third-order valence-corrected chi connectivity index (χ3v) is 4.29. The largest absolute Gasteiger partial charge is 0.378 e. The molecule has 0 amide bonds.